The number of oxazole rings is 2. The Hall–Kier alpha value is -3.79. The Balaban J connectivity index is 1.31. The second kappa shape index (κ2) is 7.17. The van der Waals surface area contributed by atoms with Crippen molar-refractivity contribution >= 4 is 11.7 Å². The van der Waals surface area contributed by atoms with Crippen LogP contribution < -0.4 is 5.32 Å². The standard InChI is InChI=1S/C21H20N6O4/c1-12-4-3-5-14(8-12)19-18(23-13(2)31-19)20(28)25-16-9-22-27(26-16)10-17-24-15(11-30-17)21(29)6-7-21/h3-5,8-9,11,29H,6-7,10H2,1-2H3,(H,25,26,28). The number of aryl methyl sites for hydroxylation is 2. The predicted molar refractivity (Wildman–Crippen MR) is 108 cm³/mol. The van der Waals surface area contributed by atoms with E-state index in [1.165, 1.54) is 17.3 Å². The number of hydrogen-bond donors (Lipinski definition) is 2. The number of anilines is 1. The van der Waals surface area contributed by atoms with Crippen molar-refractivity contribution in [2.75, 3.05) is 5.32 Å². The molecule has 1 aromatic carbocycles. The van der Waals surface area contributed by atoms with E-state index in [4.69, 9.17) is 8.83 Å². The van der Waals surface area contributed by atoms with Crippen molar-refractivity contribution in [2.24, 2.45) is 0 Å². The van der Waals surface area contributed by atoms with E-state index < -0.39 is 11.5 Å². The number of benzene rings is 1. The quantitative estimate of drug-likeness (QED) is 0.487. The van der Waals surface area contributed by atoms with Crippen LogP contribution in [0.25, 0.3) is 11.3 Å². The van der Waals surface area contributed by atoms with Crippen molar-refractivity contribution in [3.8, 4) is 11.3 Å². The molecule has 0 atom stereocenters. The lowest BCUT2D eigenvalue weighted by molar-refractivity contribution is 0.102. The van der Waals surface area contributed by atoms with E-state index in [2.05, 4.69) is 25.5 Å². The molecule has 1 fully saturated rings. The molecule has 0 saturated heterocycles. The van der Waals surface area contributed by atoms with Crippen LogP contribution in [0.1, 0.15) is 46.4 Å². The van der Waals surface area contributed by atoms with Crippen molar-refractivity contribution in [3.63, 3.8) is 0 Å². The van der Waals surface area contributed by atoms with Gasteiger partial charge in [0, 0.05) is 12.5 Å². The van der Waals surface area contributed by atoms with E-state index in [0.29, 0.717) is 36.1 Å². The second-order valence-corrected chi connectivity index (χ2v) is 7.65. The summed E-state index contributed by atoms with van der Waals surface area (Å²) in [5.74, 6) is 0.972. The zero-order chi connectivity index (χ0) is 21.6. The van der Waals surface area contributed by atoms with Gasteiger partial charge in [-0.05, 0) is 25.8 Å². The molecule has 158 valence electrons. The van der Waals surface area contributed by atoms with Gasteiger partial charge in [0.15, 0.2) is 23.2 Å². The van der Waals surface area contributed by atoms with Crippen LogP contribution in [-0.2, 0) is 12.1 Å². The zero-order valence-electron chi connectivity index (χ0n) is 17.0. The summed E-state index contributed by atoms with van der Waals surface area (Å²) in [6.45, 7) is 3.82. The van der Waals surface area contributed by atoms with E-state index in [9.17, 15) is 9.90 Å². The van der Waals surface area contributed by atoms with Gasteiger partial charge in [-0.3, -0.25) is 4.79 Å². The predicted octanol–water partition coefficient (Wildman–Crippen LogP) is 2.82. The maximum atomic E-state index is 12.8. The normalized spacial score (nSPS) is 14.5. The molecule has 1 aliphatic carbocycles. The number of hydrogen-bond acceptors (Lipinski definition) is 8. The summed E-state index contributed by atoms with van der Waals surface area (Å²) in [4.78, 5) is 22.7. The summed E-state index contributed by atoms with van der Waals surface area (Å²) >= 11 is 0. The van der Waals surface area contributed by atoms with Crippen molar-refractivity contribution < 1.29 is 18.7 Å². The number of aliphatic hydroxyl groups is 1. The number of carbonyl (C=O) groups excluding carboxylic acids is 1. The number of aromatic nitrogens is 5. The van der Waals surface area contributed by atoms with Crippen LogP contribution >= 0.6 is 0 Å². The van der Waals surface area contributed by atoms with E-state index in [-0.39, 0.29) is 18.1 Å². The molecule has 10 heteroatoms. The lowest BCUT2D eigenvalue weighted by Crippen LogP contribution is -2.14. The minimum Gasteiger partial charge on any atom is -0.446 e. The van der Waals surface area contributed by atoms with E-state index in [1.807, 2.05) is 31.2 Å². The fourth-order valence-electron chi connectivity index (χ4n) is 3.26. The van der Waals surface area contributed by atoms with Crippen LogP contribution in [-0.4, -0.2) is 36.0 Å². The highest BCUT2D eigenvalue weighted by molar-refractivity contribution is 6.05. The molecule has 3 aromatic heterocycles. The summed E-state index contributed by atoms with van der Waals surface area (Å²) in [7, 11) is 0. The molecule has 2 N–H and O–H groups in total. The fraction of sp³-hybridized carbons (Fsp3) is 0.286. The minimum absolute atomic E-state index is 0.170. The van der Waals surface area contributed by atoms with Crippen molar-refractivity contribution in [1.82, 2.24) is 25.0 Å². The molecule has 1 amide bonds. The molecule has 1 aliphatic rings. The van der Waals surface area contributed by atoms with Crippen molar-refractivity contribution in [3.05, 3.63) is 65.5 Å². The summed E-state index contributed by atoms with van der Waals surface area (Å²) in [5, 5.41) is 21.1. The highest BCUT2D eigenvalue weighted by Crippen LogP contribution is 2.44. The molecule has 5 rings (SSSR count). The first-order valence-corrected chi connectivity index (χ1v) is 9.83. The van der Waals surface area contributed by atoms with Gasteiger partial charge >= 0.3 is 0 Å². The van der Waals surface area contributed by atoms with Gasteiger partial charge in [-0.15, -0.1) is 5.10 Å². The van der Waals surface area contributed by atoms with Gasteiger partial charge in [-0.2, -0.15) is 9.90 Å². The Morgan fingerprint density at radius 1 is 1.29 bits per heavy atom. The van der Waals surface area contributed by atoms with Gasteiger partial charge in [-0.1, -0.05) is 23.8 Å². The molecule has 3 heterocycles. The third kappa shape index (κ3) is 3.84. The highest BCUT2D eigenvalue weighted by atomic mass is 16.4. The first-order valence-electron chi connectivity index (χ1n) is 9.83. The summed E-state index contributed by atoms with van der Waals surface area (Å²) in [6.07, 6.45) is 4.24. The Kier molecular flexibility index (Phi) is 4.44. The molecule has 10 nitrogen and oxygen atoms in total. The molecule has 31 heavy (non-hydrogen) atoms. The van der Waals surface area contributed by atoms with Gasteiger partial charge in [0.25, 0.3) is 5.91 Å². The summed E-state index contributed by atoms with van der Waals surface area (Å²) in [5.41, 5.74) is 1.65. The molecular weight excluding hydrogens is 400 g/mol. The number of nitrogens with zero attached hydrogens (tertiary/aromatic N) is 5. The van der Waals surface area contributed by atoms with E-state index in [0.717, 1.165) is 11.1 Å². The number of carbonyl (C=O) groups is 1. The minimum atomic E-state index is -0.858. The van der Waals surface area contributed by atoms with Crippen molar-refractivity contribution in [2.45, 2.75) is 38.8 Å². The number of rotatable bonds is 6. The van der Waals surface area contributed by atoms with Crippen LogP contribution in [0.3, 0.4) is 0 Å². The summed E-state index contributed by atoms with van der Waals surface area (Å²) < 4.78 is 11.1. The fourth-order valence-corrected chi connectivity index (χ4v) is 3.26. The van der Waals surface area contributed by atoms with Gasteiger partial charge < -0.3 is 19.3 Å². The Bertz CT molecular complexity index is 1270. The highest BCUT2D eigenvalue weighted by Gasteiger charge is 2.45. The molecular formula is C21H20N6O4. The molecule has 0 aliphatic heterocycles. The molecule has 0 spiro atoms. The Morgan fingerprint density at radius 2 is 2.13 bits per heavy atom. The Labute approximate surface area is 176 Å². The van der Waals surface area contributed by atoms with E-state index >= 15 is 0 Å². The Morgan fingerprint density at radius 3 is 2.90 bits per heavy atom. The maximum absolute atomic E-state index is 12.8. The topological polar surface area (TPSA) is 132 Å². The first-order chi connectivity index (χ1) is 14.9. The zero-order valence-corrected chi connectivity index (χ0v) is 17.0. The molecule has 0 bridgehead atoms. The molecule has 4 aromatic rings. The average molecular weight is 420 g/mol. The third-order valence-corrected chi connectivity index (χ3v) is 5.04. The number of amides is 1. The monoisotopic (exact) mass is 420 g/mol. The smallest absolute Gasteiger partial charge is 0.279 e. The van der Waals surface area contributed by atoms with Gasteiger partial charge in [0.1, 0.15) is 24.1 Å². The lowest BCUT2D eigenvalue weighted by Gasteiger charge is -2.02. The molecule has 1 saturated carbocycles. The average Bonchev–Trinajstić information content (AvgIpc) is 3.11. The largest absolute Gasteiger partial charge is 0.446 e. The summed E-state index contributed by atoms with van der Waals surface area (Å²) in [6, 6.07) is 7.65. The van der Waals surface area contributed by atoms with Crippen LogP contribution in [0.2, 0.25) is 0 Å². The van der Waals surface area contributed by atoms with Crippen LogP contribution in [0.15, 0.2) is 45.6 Å². The second-order valence-electron chi connectivity index (χ2n) is 7.65. The van der Waals surface area contributed by atoms with Crippen LogP contribution in [0.4, 0.5) is 5.82 Å². The van der Waals surface area contributed by atoms with Crippen LogP contribution in [0, 0.1) is 13.8 Å². The lowest BCUT2D eigenvalue weighted by atomic mass is 10.1. The van der Waals surface area contributed by atoms with Gasteiger partial charge in [0.2, 0.25) is 5.89 Å². The van der Waals surface area contributed by atoms with Crippen LogP contribution in [0.5, 0.6) is 0 Å². The molecule has 0 radical (unpaired) electrons. The first kappa shape index (κ1) is 19.2. The van der Waals surface area contributed by atoms with Crippen molar-refractivity contribution in [1.29, 1.82) is 0 Å². The SMILES string of the molecule is Cc1cccc(-c2oc(C)nc2C(=O)Nc2cnn(Cc3nc(C4(O)CC4)co3)n2)c1. The van der Waals surface area contributed by atoms with E-state index in [1.54, 1.807) is 6.92 Å². The maximum Gasteiger partial charge on any atom is 0.279 e. The number of nitrogens with one attached hydrogen (secondary N) is 1. The molecule has 0 unspecified atom stereocenters. The van der Waals surface area contributed by atoms with Gasteiger partial charge in [-0.25, -0.2) is 9.97 Å². The third-order valence-electron chi connectivity index (χ3n) is 5.04. The van der Waals surface area contributed by atoms with Gasteiger partial charge in [0.05, 0.1) is 6.20 Å².